The van der Waals surface area contributed by atoms with Crippen molar-refractivity contribution in [2.24, 2.45) is 5.41 Å². The molecule has 68 valence electrons. The minimum atomic E-state index is -0.209. The molecule has 0 aromatic heterocycles. The highest BCUT2D eigenvalue weighted by molar-refractivity contribution is 5.67. The summed E-state index contributed by atoms with van der Waals surface area (Å²) < 4.78 is 5.05. The minimum absolute atomic E-state index is 0.197. The van der Waals surface area contributed by atoms with Crippen LogP contribution in [0.3, 0.4) is 0 Å². The van der Waals surface area contributed by atoms with Gasteiger partial charge in [-0.15, -0.1) is 0 Å². The Morgan fingerprint density at radius 3 is 2.75 bits per heavy atom. The normalized spacial score (nSPS) is 21.4. The summed E-state index contributed by atoms with van der Waals surface area (Å²) in [5.41, 5.74) is 0.197. The van der Waals surface area contributed by atoms with Gasteiger partial charge >= 0.3 is 5.97 Å². The van der Waals surface area contributed by atoms with Gasteiger partial charge in [-0.2, -0.15) is 0 Å². The Morgan fingerprint density at radius 1 is 1.58 bits per heavy atom. The Balaban J connectivity index is 2.64. The van der Waals surface area contributed by atoms with Gasteiger partial charge in [0.05, 0.1) is 0 Å². The zero-order valence-electron chi connectivity index (χ0n) is 8.02. The molecular formula is C10H16O2. The summed E-state index contributed by atoms with van der Waals surface area (Å²) >= 11 is 0. The second-order valence-corrected chi connectivity index (χ2v) is 4.05. The first-order chi connectivity index (χ1) is 5.49. The molecule has 2 nitrogen and oxygen atoms in total. The SMILES string of the molecule is CC(=O)OC1=CC(C)(C)CCC1. The molecule has 0 atom stereocenters. The van der Waals surface area contributed by atoms with E-state index in [1.165, 1.54) is 13.3 Å². The maximum atomic E-state index is 10.7. The molecule has 2 heteroatoms. The number of rotatable bonds is 1. The zero-order chi connectivity index (χ0) is 9.19. The van der Waals surface area contributed by atoms with Crippen molar-refractivity contribution in [3.05, 3.63) is 11.8 Å². The lowest BCUT2D eigenvalue weighted by molar-refractivity contribution is -0.137. The Bertz CT molecular complexity index is 214. The average Bonchev–Trinajstić information content (AvgIpc) is 1.82. The quantitative estimate of drug-likeness (QED) is 0.562. The van der Waals surface area contributed by atoms with E-state index in [0.717, 1.165) is 18.6 Å². The molecule has 0 heterocycles. The van der Waals surface area contributed by atoms with Crippen LogP contribution >= 0.6 is 0 Å². The van der Waals surface area contributed by atoms with Gasteiger partial charge < -0.3 is 4.74 Å². The fourth-order valence-electron chi connectivity index (χ4n) is 1.56. The summed E-state index contributed by atoms with van der Waals surface area (Å²) in [4.78, 5) is 10.7. The first-order valence-electron chi connectivity index (χ1n) is 4.40. The van der Waals surface area contributed by atoms with E-state index in [0.29, 0.717) is 0 Å². The van der Waals surface area contributed by atoms with Crippen LogP contribution in [0.4, 0.5) is 0 Å². The van der Waals surface area contributed by atoms with Crippen LogP contribution in [0.1, 0.15) is 40.0 Å². The standard InChI is InChI=1S/C10H16O2/c1-8(11)12-9-5-4-6-10(2,3)7-9/h7H,4-6H2,1-3H3. The smallest absolute Gasteiger partial charge is 0.307 e. The van der Waals surface area contributed by atoms with Crippen LogP contribution in [0.15, 0.2) is 11.8 Å². The first-order valence-corrected chi connectivity index (χ1v) is 4.40. The van der Waals surface area contributed by atoms with Gasteiger partial charge in [-0.05, 0) is 24.3 Å². The van der Waals surface area contributed by atoms with Gasteiger partial charge in [0.15, 0.2) is 0 Å². The Hall–Kier alpha value is -0.790. The zero-order valence-corrected chi connectivity index (χ0v) is 8.02. The largest absolute Gasteiger partial charge is 0.432 e. The van der Waals surface area contributed by atoms with Crippen molar-refractivity contribution < 1.29 is 9.53 Å². The molecule has 1 rings (SSSR count). The first kappa shape index (κ1) is 9.30. The van der Waals surface area contributed by atoms with E-state index in [2.05, 4.69) is 19.9 Å². The predicted molar refractivity (Wildman–Crippen MR) is 47.5 cm³/mol. The summed E-state index contributed by atoms with van der Waals surface area (Å²) in [5.74, 6) is 0.637. The van der Waals surface area contributed by atoms with Gasteiger partial charge in [0.25, 0.3) is 0 Å². The lowest BCUT2D eigenvalue weighted by Crippen LogP contribution is -2.15. The number of hydrogen-bond donors (Lipinski definition) is 0. The van der Waals surface area contributed by atoms with Crippen LogP contribution in [0.25, 0.3) is 0 Å². The van der Waals surface area contributed by atoms with Gasteiger partial charge in [-0.25, -0.2) is 0 Å². The molecular weight excluding hydrogens is 152 g/mol. The molecule has 1 aliphatic rings. The Labute approximate surface area is 73.6 Å². The van der Waals surface area contributed by atoms with Crippen molar-refractivity contribution >= 4 is 5.97 Å². The molecule has 12 heavy (non-hydrogen) atoms. The second-order valence-electron chi connectivity index (χ2n) is 4.05. The van der Waals surface area contributed by atoms with Crippen LogP contribution in [0.2, 0.25) is 0 Å². The number of carbonyl (C=O) groups excluding carboxylic acids is 1. The van der Waals surface area contributed by atoms with Crippen LogP contribution in [0, 0.1) is 5.41 Å². The number of carbonyl (C=O) groups is 1. The highest BCUT2D eigenvalue weighted by atomic mass is 16.5. The molecule has 1 aliphatic carbocycles. The third-order valence-electron chi connectivity index (χ3n) is 2.07. The predicted octanol–water partition coefficient (Wildman–Crippen LogP) is 2.64. The highest BCUT2D eigenvalue weighted by Gasteiger charge is 2.21. The van der Waals surface area contributed by atoms with Crippen molar-refractivity contribution in [3.63, 3.8) is 0 Å². The van der Waals surface area contributed by atoms with Crippen molar-refractivity contribution in [2.75, 3.05) is 0 Å². The van der Waals surface area contributed by atoms with E-state index < -0.39 is 0 Å². The molecule has 0 radical (unpaired) electrons. The van der Waals surface area contributed by atoms with Crippen LogP contribution in [-0.4, -0.2) is 5.97 Å². The van der Waals surface area contributed by atoms with Crippen molar-refractivity contribution in [1.29, 1.82) is 0 Å². The number of ether oxygens (including phenoxy) is 1. The van der Waals surface area contributed by atoms with E-state index in [-0.39, 0.29) is 11.4 Å². The lowest BCUT2D eigenvalue weighted by Gasteiger charge is -2.26. The third-order valence-corrected chi connectivity index (χ3v) is 2.07. The monoisotopic (exact) mass is 168 g/mol. The van der Waals surface area contributed by atoms with E-state index in [1.54, 1.807) is 0 Å². The second kappa shape index (κ2) is 3.30. The molecule has 0 unspecified atom stereocenters. The minimum Gasteiger partial charge on any atom is -0.432 e. The molecule has 0 N–H and O–H groups in total. The van der Waals surface area contributed by atoms with E-state index in [1.807, 2.05) is 0 Å². The van der Waals surface area contributed by atoms with Gasteiger partial charge in [-0.3, -0.25) is 4.79 Å². The molecule has 0 fully saturated rings. The van der Waals surface area contributed by atoms with Crippen molar-refractivity contribution in [2.45, 2.75) is 40.0 Å². The average molecular weight is 168 g/mol. The lowest BCUT2D eigenvalue weighted by atomic mass is 9.82. The van der Waals surface area contributed by atoms with Gasteiger partial charge in [0.2, 0.25) is 0 Å². The Morgan fingerprint density at radius 2 is 2.25 bits per heavy atom. The topological polar surface area (TPSA) is 26.3 Å². The molecule has 0 aliphatic heterocycles. The summed E-state index contributed by atoms with van der Waals surface area (Å²) in [5, 5.41) is 0. The summed E-state index contributed by atoms with van der Waals surface area (Å²) in [6, 6.07) is 0. The maximum Gasteiger partial charge on any atom is 0.307 e. The van der Waals surface area contributed by atoms with Crippen molar-refractivity contribution in [3.8, 4) is 0 Å². The molecule has 0 saturated carbocycles. The fourth-order valence-corrected chi connectivity index (χ4v) is 1.56. The number of hydrogen-bond acceptors (Lipinski definition) is 2. The third kappa shape index (κ3) is 2.68. The molecule has 0 spiro atoms. The highest BCUT2D eigenvalue weighted by Crippen LogP contribution is 2.33. The fraction of sp³-hybridized carbons (Fsp3) is 0.700. The summed E-state index contributed by atoms with van der Waals surface area (Å²) in [6.07, 6.45) is 5.27. The summed E-state index contributed by atoms with van der Waals surface area (Å²) in [7, 11) is 0. The molecule has 0 bridgehead atoms. The van der Waals surface area contributed by atoms with Crippen LogP contribution in [0.5, 0.6) is 0 Å². The van der Waals surface area contributed by atoms with E-state index >= 15 is 0 Å². The molecule has 0 amide bonds. The number of esters is 1. The Kier molecular flexibility index (Phi) is 2.55. The van der Waals surface area contributed by atoms with Crippen LogP contribution in [-0.2, 0) is 9.53 Å². The van der Waals surface area contributed by atoms with Crippen LogP contribution < -0.4 is 0 Å². The molecule has 0 aromatic carbocycles. The van der Waals surface area contributed by atoms with E-state index in [4.69, 9.17) is 4.74 Å². The van der Waals surface area contributed by atoms with E-state index in [9.17, 15) is 4.79 Å². The summed E-state index contributed by atoms with van der Waals surface area (Å²) in [6.45, 7) is 5.77. The van der Waals surface area contributed by atoms with Gasteiger partial charge in [-0.1, -0.05) is 13.8 Å². The molecule has 0 aromatic rings. The molecule has 0 saturated heterocycles. The van der Waals surface area contributed by atoms with Gasteiger partial charge in [0, 0.05) is 13.3 Å². The number of allylic oxidation sites excluding steroid dienone is 2. The van der Waals surface area contributed by atoms with Crippen molar-refractivity contribution in [1.82, 2.24) is 0 Å². The van der Waals surface area contributed by atoms with Gasteiger partial charge in [0.1, 0.15) is 5.76 Å². The maximum absolute atomic E-state index is 10.7.